The summed E-state index contributed by atoms with van der Waals surface area (Å²) in [5.74, 6) is -1.45. The predicted molar refractivity (Wildman–Crippen MR) is 151 cm³/mol. The molecule has 1 aliphatic heterocycles. The van der Waals surface area contributed by atoms with E-state index >= 15 is 0 Å². The van der Waals surface area contributed by atoms with Gasteiger partial charge in [0.15, 0.2) is 11.5 Å². The van der Waals surface area contributed by atoms with Gasteiger partial charge in [0.05, 0.1) is 12.8 Å². The summed E-state index contributed by atoms with van der Waals surface area (Å²) < 4.78 is 25.6. The fourth-order valence-corrected chi connectivity index (χ4v) is 4.55. The molecule has 5 rings (SSSR count). The molecular weight excluding hydrogens is 511 g/mol. The molecule has 1 N–H and O–H groups in total. The molecule has 0 aromatic heterocycles. The number of rotatable bonds is 8. The number of nitrogens with one attached hydrogen (secondary N) is 1. The third-order valence-corrected chi connectivity index (χ3v) is 6.41. The van der Waals surface area contributed by atoms with Gasteiger partial charge in [0, 0.05) is 5.56 Å². The minimum Gasteiger partial charge on any atom is -0.493 e. The molecule has 0 unspecified atom stereocenters. The highest BCUT2D eigenvalue weighted by Gasteiger charge is 2.37. The quantitative estimate of drug-likeness (QED) is 0.171. The van der Waals surface area contributed by atoms with Gasteiger partial charge in [-0.05, 0) is 70.8 Å². The van der Waals surface area contributed by atoms with Crippen LogP contribution in [0.15, 0.2) is 97.1 Å². The average Bonchev–Trinajstić information content (AvgIpc) is 2.94. The Kier molecular flexibility index (Phi) is 7.41. The first-order chi connectivity index (χ1) is 19.4. The van der Waals surface area contributed by atoms with E-state index in [1.165, 1.54) is 31.4 Å². The van der Waals surface area contributed by atoms with E-state index in [9.17, 15) is 18.8 Å². The molecule has 7 nitrogen and oxygen atoms in total. The van der Waals surface area contributed by atoms with Crippen LogP contribution in [0, 0.1) is 5.82 Å². The minimum absolute atomic E-state index is 0.00302. The predicted octanol–water partition coefficient (Wildman–Crippen LogP) is 5.96. The lowest BCUT2D eigenvalue weighted by atomic mass is 10.0. The summed E-state index contributed by atoms with van der Waals surface area (Å²) in [6, 6.07) is 21.6. The van der Waals surface area contributed by atoms with Crippen LogP contribution in [0.2, 0.25) is 0 Å². The second-order valence-electron chi connectivity index (χ2n) is 9.11. The maximum atomic E-state index is 13.8. The van der Waals surface area contributed by atoms with E-state index in [-0.39, 0.29) is 17.9 Å². The minimum atomic E-state index is -0.958. The second-order valence-corrected chi connectivity index (χ2v) is 9.11. The number of barbiturate groups is 1. The van der Waals surface area contributed by atoms with Gasteiger partial charge in [-0.15, -0.1) is 6.58 Å². The van der Waals surface area contributed by atoms with Gasteiger partial charge in [-0.2, -0.15) is 0 Å². The number of urea groups is 1. The van der Waals surface area contributed by atoms with E-state index in [0.29, 0.717) is 23.5 Å². The summed E-state index contributed by atoms with van der Waals surface area (Å²) in [7, 11) is 1.50. The Hall–Kier alpha value is -5.24. The first kappa shape index (κ1) is 26.4. The highest BCUT2D eigenvalue weighted by Crippen LogP contribution is 2.35. The normalized spacial score (nSPS) is 14.4. The monoisotopic (exact) mass is 536 g/mol. The van der Waals surface area contributed by atoms with Crippen LogP contribution >= 0.6 is 0 Å². The maximum absolute atomic E-state index is 13.8. The largest absolute Gasteiger partial charge is 0.493 e. The maximum Gasteiger partial charge on any atom is 0.335 e. The van der Waals surface area contributed by atoms with Gasteiger partial charge >= 0.3 is 6.03 Å². The van der Waals surface area contributed by atoms with Crippen LogP contribution in [0.5, 0.6) is 11.5 Å². The lowest BCUT2D eigenvalue weighted by Gasteiger charge is -2.26. The first-order valence-corrected chi connectivity index (χ1v) is 12.5. The van der Waals surface area contributed by atoms with Gasteiger partial charge in [0.2, 0.25) is 0 Å². The molecule has 1 aliphatic rings. The number of hydrogen-bond donors (Lipinski definition) is 1. The van der Waals surface area contributed by atoms with Gasteiger partial charge in [-0.3, -0.25) is 14.9 Å². The van der Waals surface area contributed by atoms with Crippen LogP contribution in [0.4, 0.5) is 14.9 Å². The van der Waals surface area contributed by atoms with Crippen LogP contribution in [0.3, 0.4) is 0 Å². The number of nitrogens with zero attached hydrogens (tertiary/aromatic N) is 1. The molecule has 0 saturated carbocycles. The molecule has 200 valence electrons. The van der Waals surface area contributed by atoms with Crippen molar-refractivity contribution in [2.24, 2.45) is 0 Å². The van der Waals surface area contributed by atoms with E-state index in [0.717, 1.165) is 32.9 Å². The Balaban J connectivity index is 1.47. The number of anilines is 1. The van der Waals surface area contributed by atoms with E-state index in [4.69, 9.17) is 9.47 Å². The molecule has 0 bridgehead atoms. The SMILES string of the molecule is C=CCc1cc(/C=C2\C(=O)NC(=O)N(c3cccc(F)c3)C2=O)cc(OC)c1OCc1ccc2ccccc2c1. The third kappa shape index (κ3) is 5.33. The molecule has 0 spiro atoms. The Bertz CT molecular complexity index is 1690. The van der Waals surface area contributed by atoms with Crippen molar-refractivity contribution in [1.29, 1.82) is 0 Å². The number of imide groups is 2. The molecule has 1 heterocycles. The van der Waals surface area contributed by atoms with Crippen molar-refractivity contribution < 1.29 is 28.2 Å². The van der Waals surface area contributed by atoms with Crippen LogP contribution in [-0.2, 0) is 22.6 Å². The summed E-state index contributed by atoms with van der Waals surface area (Å²) in [5, 5.41) is 4.38. The van der Waals surface area contributed by atoms with E-state index in [1.54, 1.807) is 18.2 Å². The highest BCUT2D eigenvalue weighted by atomic mass is 19.1. The molecule has 4 aromatic rings. The number of halogens is 1. The summed E-state index contributed by atoms with van der Waals surface area (Å²) in [6.07, 6.45) is 3.49. The van der Waals surface area contributed by atoms with Crippen molar-refractivity contribution in [3.05, 3.63) is 120 Å². The molecule has 1 saturated heterocycles. The van der Waals surface area contributed by atoms with Crippen LogP contribution < -0.4 is 19.7 Å². The van der Waals surface area contributed by atoms with Gasteiger partial charge < -0.3 is 9.47 Å². The number of allylic oxidation sites excluding steroid dienone is 1. The Morgan fingerprint density at radius 3 is 2.50 bits per heavy atom. The average molecular weight is 537 g/mol. The van der Waals surface area contributed by atoms with Gasteiger partial charge in [0.25, 0.3) is 11.8 Å². The van der Waals surface area contributed by atoms with Crippen molar-refractivity contribution in [2.75, 3.05) is 12.0 Å². The van der Waals surface area contributed by atoms with Gasteiger partial charge in [0.1, 0.15) is 18.0 Å². The number of benzene rings is 4. The number of carbonyl (C=O) groups excluding carboxylic acids is 3. The molecule has 0 aliphatic carbocycles. The molecule has 0 radical (unpaired) electrons. The lowest BCUT2D eigenvalue weighted by Crippen LogP contribution is -2.54. The molecule has 40 heavy (non-hydrogen) atoms. The summed E-state index contributed by atoms with van der Waals surface area (Å²) in [4.78, 5) is 39.1. The van der Waals surface area contributed by atoms with E-state index in [1.807, 2.05) is 36.4 Å². The van der Waals surface area contributed by atoms with Crippen LogP contribution in [-0.4, -0.2) is 25.0 Å². The smallest absolute Gasteiger partial charge is 0.335 e. The topological polar surface area (TPSA) is 84.9 Å². The van der Waals surface area contributed by atoms with Gasteiger partial charge in [-0.25, -0.2) is 14.1 Å². The zero-order valence-electron chi connectivity index (χ0n) is 21.6. The molecule has 8 heteroatoms. The van der Waals surface area contributed by atoms with Crippen molar-refractivity contribution in [3.63, 3.8) is 0 Å². The molecule has 4 amide bonds. The molecular formula is C32H25FN2O5. The standard InChI is InChI=1S/C32H25FN2O5/c1-3-7-24-15-21(16-27-30(36)34-32(38)35(31(27)37)26-11-6-10-25(33)18-26)17-28(39-2)29(24)40-19-20-12-13-22-8-4-5-9-23(22)14-20/h3-6,8-18H,1,7,19H2,2H3,(H,34,36,38)/b27-16+. The molecule has 1 fully saturated rings. The van der Waals surface area contributed by atoms with Crippen LogP contribution in [0.1, 0.15) is 16.7 Å². The van der Waals surface area contributed by atoms with Crippen molar-refractivity contribution in [1.82, 2.24) is 5.32 Å². The van der Waals surface area contributed by atoms with Crippen LogP contribution in [0.25, 0.3) is 16.8 Å². The number of ether oxygens (including phenoxy) is 2. The van der Waals surface area contributed by atoms with E-state index in [2.05, 4.69) is 18.0 Å². The number of methoxy groups -OCH3 is 1. The fourth-order valence-electron chi connectivity index (χ4n) is 4.55. The van der Waals surface area contributed by atoms with Crippen molar-refractivity contribution in [2.45, 2.75) is 13.0 Å². The zero-order valence-corrected chi connectivity index (χ0v) is 21.6. The number of fused-ring (bicyclic) bond motifs is 1. The fraction of sp³-hybridized carbons (Fsp3) is 0.0938. The van der Waals surface area contributed by atoms with Crippen molar-refractivity contribution >= 4 is 40.4 Å². The lowest BCUT2D eigenvalue weighted by molar-refractivity contribution is -0.122. The third-order valence-electron chi connectivity index (χ3n) is 6.41. The summed E-state index contributed by atoms with van der Waals surface area (Å²) >= 11 is 0. The number of carbonyl (C=O) groups is 3. The van der Waals surface area contributed by atoms with Gasteiger partial charge in [-0.1, -0.05) is 48.5 Å². The Morgan fingerprint density at radius 1 is 0.950 bits per heavy atom. The number of hydrogen-bond acceptors (Lipinski definition) is 5. The molecule has 0 atom stereocenters. The first-order valence-electron chi connectivity index (χ1n) is 12.5. The summed E-state index contributed by atoms with van der Waals surface area (Å²) in [6.45, 7) is 4.12. The molecule has 4 aromatic carbocycles. The van der Waals surface area contributed by atoms with Crippen molar-refractivity contribution in [3.8, 4) is 11.5 Å². The highest BCUT2D eigenvalue weighted by molar-refractivity contribution is 6.39. The number of amides is 4. The Labute approximate surface area is 230 Å². The zero-order chi connectivity index (χ0) is 28.2. The summed E-state index contributed by atoms with van der Waals surface area (Å²) in [5.41, 5.74) is 1.88. The van der Waals surface area contributed by atoms with E-state index < -0.39 is 23.7 Å². The Morgan fingerprint density at radius 2 is 1.75 bits per heavy atom. The second kappa shape index (κ2) is 11.2.